The molecular formula is C31H36O12. The normalized spacial score (nSPS) is 35.9. The van der Waals surface area contributed by atoms with Gasteiger partial charge in [-0.3, -0.25) is 4.79 Å². The summed E-state index contributed by atoms with van der Waals surface area (Å²) in [6.07, 6.45) is -5.18. The second kappa shape index (κ2) is 11.1. The number of aliphatic hydroxyl groups excluding tert-OH is 1. The van der Waals surface area contributed by atoms with Crippen LogP contribution in [-0.4, -0.2) is 89.4 Å². The zero-order valence-electron chi connectivity index (χ0n) is 24.6. The van der Waals surface area contributed by atoms with Crippen LogP contribution in [0.1, 0.15) is 41.2 Å². The Morgan fingerprint density at radius 1 is 0.907 bits per heavy atom. The Labute approximate surface area is 248 Å². The Kier molecular flexibility index (Phi) is 7.39. The van der Waals surface area contributed by atoms with Gasteiger partial charge in [0, 0.05) is 24.5 Å². The monoisotopic (exact) mass is 600 g/mol. The van der Waals surface area contributed by atoms with Gasteiger partial charge < -0.3 is 52.5 Å². The van der Waals surface area contributed by atoms with Gasteiger partial charge in [0.1, 0.15) is 35.9 Å². The molecule has 3 saturated heterocycles. The first kappa shape index (κ1) is 28.6. The number of cyclic esters (lactones) is 1. The van der Waals surface area contributed by atoms with E-state index in [1.165, 1.54) is 7.11 Å². The lowest BCUT2D eigenvalue weighted by Crippen LogP contribution is -2.63. The molecule has 0 aromatic heterocycles. The number of rotatable bonds is 6. The Bertz CT molecular complexity index is 1370. The molecule has 0 saturated carbocycles. The molecule has 0 radical (unpaired) electrons. The average molecular weight is 601 g/mol. The number of hydrogen-bond acceptors (Lipinski definition) is 12. The highest BCUT2D eigenvalue weighted by Crippen LogP contribution is 2.56. The molecule has 12 nitrogen and oxygen atoms in total. The summed E-state index contributed by atoms with van der Waals surface area (Å²) in [6, 6.07) is 7.65. The van der Waals surface area contributed by atoms with Crippen molar-refractivity contribution in [3.63, 3.8) is 0 Å². The first-order chi connectivity index (χ1) is 20.8. The number of carbonyl (C=O) groups is 1. The molecule has 1 unspecified atom stereocenters. The lowest BCUT2D eigenvalue weighted by atomic mass is 9.66. The van der Waals surface area contributed by atoms with E-state index >= 15 is 0 Å². The maximum absolute atomic E-state index is 13.5. The molecule has 4 heterocycles. The van der Waals surface area contributed by atoms with Crippen molar-refractivity contribution in [2.75, 3.05) is 41.3 Å². The van der Waals surface area contributed by atoms with Crippen molar-refractivity contribution in [2.45, 2.75) is 62.9 Å². The van der Waals surface area contributed by atoms with Crippen LogP contribution in [0.2, 0.25) is 0 Å². The molecule has 3 fully saturated rings. The minimum Gasteiger partial charge on any atom is -0.496 e. The second-order valence-corrected chi connectivity index (χ2v) is 11.5. The summed E-state index contributed by atoms with van der Waals surface area (Å²) in [7, 11) is 4.72. The molecule has 232 valence electrons. The van der Waals surface area contributed by atoms with E-state index in [0.29, 0.717) is 23.0 Å². The van der Waals surface area contributed by atoms with Crippen molar-refractivity contribution in [1.29, 1.82) is 0 Å². The summed E-state index contributed by atoms with van der Waals surface area (Å²) in [4.78, 5) is 13.5. The Morgan fingerprint density at radius 2 is 1.60 bits per heavy atom. The molecule has 10 atom stereocenters. The van der Waals surface area contributed by atoms with Crippen molar-refractivity contribution >= 4 is 5.97 Å². The third-order valence-electron chi connectivity index (χ3n) is 9.26. The summed E-state index contributed by atoms with van der Waals surface area (Å²) < 4.78 is 58.7. The zero-order chi connectivity index (χ0) is 30.0. The number of hydrogen-bond donors (Lipinski definition) is 1. The number of fused-ring (bicyclic) bond motifs is 4. The third-order valence-corrected chi connectivity index (χ3v) is 9.26. The van der Waals surface area contributed by atoms with Gasteiger partial charge in [-0.25, -0.2) is 0 Å². The fourth-order valence-corrected chi connectivity index (χ4v) is 7.18. The van der Waals surface area contributed by atoms with E-state index in [2.05, 4.69) is 0 Å². The van der Waals surface area contributed by atoms with Crippen molar-refractivity contribution in [2.24, 2.45) is 11.8 Å². The van der Waals surface area contributed by atoms with Crippen LogP contribution in [0.25, 0.3) is 0 Å². The molecule has 0 spiro atoms. The average Bonchev–Trinajstić information content (AvgIpc) is 3.63. The van der Waals surface area contributed by atoms with Crippen LogP contribution in [0, 0.1) is 18.8 Å². The van der Waals surface area contributed by atoms with Gasteiger partial charge in [-0.2, -0.15) is 0 Å². The predicted octanol–water partition coefficient (Wildman–Crippen LogP) is 2.60. The van der Waals surface area contributed by atoms with Crippen LogP contribution in [0.4, 0.5) is 0 Å². The molecule has 0 bridgehead atoms. The molecule has 1 N–H and O–H groups in total. The maximum atomic E-state index is 13.5. The van der Waals surface area contributed by atoms with Gasteiger partial charge >= 0.3 is 5.97 Å². The van der Waals surface area contributed by atoms with Crippen LogP contribution < -0.4 is 18.9 Å². The number of esters is 1. The SMILES string of the molecule is COc1cc([C@@H]2c3cc4c(cc3[C@@H](OC3O[C@@H]5CO[C@@H](C)O[C@H]5[C@H](OC)[C@H]3O)[C@H]3COC(=O)[C@H]23)OCO4)cc(OC)c1C. The van der Waals surface area contributed by atoms with Gasteiger partial charge in [0.2, 0.25) is 6.79 Å². The van der Waals surface area contributed by atoms with Gasteiger partial charge in [-0.05, 0) is 54.8 Å². The van der Waals surface area contributed by atoms with Gasteiger partial charge in [0.05, 0.1) is 39.5 Å². The molecule has 7 rings (SSSR count). The number of ether oxygens (including phenoxy) is 10. The Morgan fingerprint density at radius 3 is 2.28 bits per heavy atom. The smallest absolute Gasteiger partial charge is 0.310 e. The van der Waals surface area contributed by atoms with E-state index in [4.69, 9.17) is 47.4 Å². The predicted molar refractivity (Wildman–Crippen MR) is 146 cm³/mol. The van der Waals surface area contributed by atoms with Crippen LogP contribution >= 0.6 is 0 Å². The molecule has 2 aromatic carbocycles. The Hall–Kier alpha value is -3.13. The Balaban J connectivity index is 1.32. The molecule has 1 aliphatic carbocycles. The summed E-state index contributed by atoms with van der Waals surface area (Å²) in [5.74, 6) is 0.639. The van der Waals surface area contributed by atoms with Crippen LogP contribution in [0.15, 0.2) is 24.3 Å². The lowest BCUT2D eigenvalue weighted by Gasteiger charge is -2.48. The maximum Gasteiger partial charge on any atom is 0.310 e. The number of aliphatic hydroxyl groups is 1. The highest BCUT2D eigenvalue weighted by molar-refractivity contribution is 5.79. The van der Waals surface area contributed by atoms with Crippen LogP contribution in [0.3, 0.4) is 0 Å². The summed E-state index contributed by atoms with van der Waals surface area (Å²) in [5, 5.41) is 11.4. The minimum atomic E-state index is -1.17. The summed E-state index contributed by atoms with van der Waals surface area (Å²) in [5.41, 5.74) is 3.27. The molecule has 43 heavy (non-hydrogen) atoms. The fraction of sp³-hybridized carbons (Fsp3) is 0.581. The quantitative estimate of drug-likeness (QED) is 0.489. The minimum absolute atomic E-state index is 0.0803. The topological polar surface area (TPSA) is 130 Å². The molecule has 2 aromatic rings. The van der Waals surface area contributed by atoms with Gasteiger partial charge in [0.15, 0.2) is 24.1 Å². The highest BCUT2D eigenvalue weighted by Gasteiger charge is 2.56. The van der Waals surface area contributed by atoms with Crippen molar-refractivity contribution in [3.05, 3.63) is 46.5 Å². The van der Waals surface area contributed by atoms with E-state index in [-0.39, 0.29) is 26.0 Å². The van der Waals surface area contributed by atoms with E-state index in [1.54, 1.807) is 21.1 Å². The van der Waals surface area contributed by atoms with Gasteiger partial charge in [0.25, 0.3) is 0 Å². The van der Waals surface area contributed by atoms with Crippen LogP contribution in [-0.2, 0) is 33.2 Å². The zero-order valence-corrected chi connectivity index (χ0v) is 24.6. The number of carbonyl (C=O) groups excluding carboxylic acids is 1. The van der Waals surface area contributed by atoms with E-state index in [1.807, 2.05) is 31.2 Å². The first-order valence-corrected chi connectivity index (χ1v) is 14.4. The van der Waals surface area contributed by atoms with Crippen molar-refractivity contribution in [3.8, 4) is 23.0 Å². The third kappa shape index (κ3) is 4.63. The molecule has 4 aliphatic heterocycles. The van der Waals surface area contributed by atoms with Crippen molar-refractivity contribution in [1.82, 2.24) is 0 Å². The van der Waals surface area contributed by atoms with E-state index in [0.717, 1.165) is 22.3 Å². The molecule has 0 amide bonds. The van der Waals surface area contributed by atoms with Gasteiger partial charge in [-0.1, -0.05) is 0 Å². The van der Waals surface area contributed by atoms with Crippen molar-refractivity contribution < 1.29 is 57.3 Å². The lowest BCUT2D eigenvalue weighted by molar-refractivity contribution is -0.366. The number of methoxy groups -OCH3 is 3. The summed E-state index contributed by atoms with van der Waals surface area (Å²) >= 11 is 0. The standard InChI is InChI=1S/C31H36O12/c1-13-19(34-3)6-15(7-20(13)35-4)24-16-8-21-22(40-12-39-21)9-17(16)27(18-10-38-30(33)25(18)24)43-31-26(32)29(36-5)28-23(42-31)11-37-14(2)41-28/h6-9,14,18,23-29,31-32H,10-12H2,1-5H3/t14-,18+,23-,24-,25+,26-,27-,28-,29-,31?/m1/s1. The van der Waals surface area contributed by atoms with Gasteiger partial charge in [-0.15, -0.1) is 0 Å². The molecular weight excluding hydrogens is 564 g/mol. The first-order valence-electron chi connectivity index (χ1n) is 14.4. The highest BCUT2D eigenvalue weighted by atomic mass is 16.8. The number of benzene rings is 2. The molecule has 12 heteroatoms. The summed E-state index contributed by atoms with van der Waals surface area (Å²) in [6.45, 7) is 4.17. The second-order valence-electron chi connectivity index (χ2n) is 11.5. The van der Waals surface area contributed by atoms with E-state index in [9.17, 15) is 9.90 Å². The fourth-order valence-electron chi connectivity index (χ4n) is 7.18. The molecule has 5 aliphatic rings. The largest absolute Gasteiger partial charge is 0.496 e. The van der Waals surface area contributed by atoms with Crippen LogP contribution in [0.5, 0.6) is 23.0 Å². The van der Waals surface area contributed by atoms with E-state index < -0.39 is 60.9 Å².